The lowest BCUT2D eigenvalue weighted by molar-refractivity contribution is -0.384. The third-order valence-electron chi connectivity index (χ3n) is 4.36. The average Bonchev–Trinajstić information content (AvgIpc) is 3.22. The minimum Gasteiger partial charge on any atom is -0.326 e. The predicted molar refractivity (Wildman–Crippen MR) is 128 cm³/mol. The van der Waals surface area contributed by atoms with Crippen LogP contribution in [-0.2, 0) is 9.59 Å². The molecule has 0 saturated carbocycles. The van der Waals surface area contributed by atoms with E-state index in [1.54, 1.807) is 24.4 Å². The Labute approximate surface area is 193 Å². The number of hydrogen-bond acceptors (Lipinski definition) is 7. The summed E-state index contributed by atoms with van der Waals surface area (Å²) in [5.74, 6) is -0.251. The Morgan fingerprint density at radius 1 is 1.19 bits per heavy atom. The number of carbonyl (C=O) groups is 2. The Morgan fingerprint density at radius 2 is 1.97 bits per heavy atom. The molecular weight excluding hydrogens is 448 g/mol. The van der Waals surface area contributed by atoms with Crippen molar-refractivity contribution in [2.45, 2.75) is 36.8 Å². The summed E-state index contributed by atoms with van der Waals surface area (Å²) in [6.45, 7) is 3.73. The highest BCUT2D eigenvalue weighted by molar-refractivity contribution is 8.00. The van der Waals surface area contributed by atoms with Gasteiger partial charge in [-0.3, -0.25) is 19.7 Å². The van der Waals surface area contributed by atoms with Crippen LogP contribution in [0.3, 0.4) is 0 Å². The van der Waals surface area contributed by atoms with Gasteiger partial charge in [-0.1, -0.05) is 25.1 Å². The van der Waals surface area contributed by atoms with Crippen LogP contribution in [0.1, 0.15) is 26.7 Å². The van der Waals surface area contributed by atoms with Gasteiger partial charge in [0.2, 0.25) is 11.8 Å². The fraction of sp³-hybridized carbons (Fsp3) is 0.227. The van der Waals surface area contributed by atoms with Crippen LogP contribution in [-0.4, -0.2) is 27.0 Å². The summed E-state index contributed by atoms with van der Waals surface area (Å²) in [7, 11) is 0. The maximum absolute atomic E-state index is 12.6. The molecule has 1 atom stereocenters. The standard InChI is InChI=1S/C22H22N4O4S2/c1-3-6-20(27)23-16-8-5-10-18(12-16)32-14(2)21(28)25-22-24-19(13-31-22)15-7-4-9-17(11-15)26(29)30/h4-5,7-14H,3,6H2,1-2H3,(H,23,27)(H,24,25,28). The van der Waals surface area contributed by atoms with Crippen molar-refractivity contribution < 1.29 is 14.5 Å². The number of thiazole rings is 1. The molecule has 0 radical (unpaired) electrons. The van der Waals surface area contributed by atoms with Crippen LogP contribution in [0.5, 0.6) is 0 Å². The predicted octanol–water partition coefficient (Wildman–Crippen LogP) is 5.58. The van der Waals surface area contributed by atoms with E-state index in [4.69, 9.17) is 0 Å². The van der Waals surface area contributed by atoms with Crippen LogP contribution in [0.25, 0.3) is 11.3 Å². The fourth-order valence-electron chi connectivity index (χ4n) is 2.80. The van der Waals surface area contributed by atoms with Crippen molar-refractivity contribution in [3.63, 3.8) is 0 Å². The van der Waals surface area contributed by atoms with Gasteiger partial charge >= 0.3 is 0 Å². The molecule has 166 valence electrons. The van der Waals surface area contributed by atoms with Crippen molar-refractivity contribution in [3.05, 3.63) is 64.0 Å². The van der Waals surface area contributed by atoms with E-state index in [9.17, 15) is 19.7 Å². The maximum Gasteiger partial charge on any atom is 0.270 e. The Hall–Kier alpha value is -3.24. The number of benzene rings is 2. The number of nitro benzene ring substituents is 1. The summed E-state index contributed by atoms with van der Waals surface area (Å²) in [6, 6.07) is 13.6. The number of nitrogens with zero attached hydrogens (tertiary/aromatic N) is 2. The highest BCUT2D eigenvalue weighted by Gasteiger charge is 2.17. The number of hydrogen-bond donors (Lipinski definition) is 2. The van der Waals surface area contributed by atoms with E-state index in [-0.39, 0.29) is 17.5 Å². The van der Waals surface area contributed by atoms with Gasteiger partial charge in [0, 0.05) is 40.1 Å². The molecule has 0 fully saturated rings. The minimum atomic E-state index is -0.457. The Morgan fingerprint density at radius 3 is 2.72 bits per heavy atom. The van der Waals surface area contributed by atoms with Crippen LogP contribution in [0, 0.1) is 10.1 Å². The lowest BCUT2D eigenvalue weighted by Crippen LogP contribution is -2.22. The van der Waals surface area contributed by atoms with E-state index in [1.165, 1.54) is 35.2 Å². The lowest BCUT2D eigenvalue weighted by atomic mass is 10.1. The van der Waals surface area contributed by atoms with Gasteiger partial charge in [-0.2, -0.15) is 0 Å². The zero-order chi connectivity index (χ0) is 23.1. The number of non-ortho nitro benzene ring substituents is 1. The first-order valence-corrected chi connectivity index (χ1v) is 11.7. The number of anilines is 2. The first-order valence-electron chi connectivity index (χ1n) is 9.93. The lowest BCUT2D eigenvalue weighted by Gasteiger charge is -2.12. The number of rotatable bonds is 9. The van der Waals surface area contributed by atoms with Crippen LogP contribution >= 0.6 is 23.1 Å². The molecule has 0 aliphatic carbocycles. The molecular formula is C22H22N4O4S2. The van der Waals surface area contributed by atoms with Gasteiger partial charge < -0.3 is 10.6 Å². The Balaban J connectivity index is 1.61. The monoisotopic (exact) mass is 470 g/mol. The molecule has 10 heteroatoms. The van der Waals surface area contributed by atoms with E-state index in [0.29, 0.717) is 28.5 Å². The summed E-state index contributed by atoms with van der Waals surface area (Å²) in [5.41, 5.74) is 1.85. The molecule has 2 aromatic carbocycles. The minimum absolute atomic E-state index is 0.0146. The molecule has 32 heavy (non-hydrogen) atoms. The molecule has 1 unspecified atom stereocenters. The zero-order valence-corrected chi connectivity index (χ0v) is 19.2. The van der Waals surface area contributed by atoms with Crippen LogP contribution in [0.15, 0.2) is 58.8 Å². The number of amides is 2. The molecule has 0 aliphatic heterocycles. The molecule has 1 aromatic heterocycles. The van der Waals surface area contributed by atoms with Crippen LogP contribution in [0.4, 0.5) is 16.5 Å². The summed E-state index contributed by atoms with van der Waals surface area (Å²) >= 11 is 2.63. The van der Waals surface area contributed by atoms with Crippen molar-refractivity contribution in [2.75, 3.05) is 10.6 Å². The first-order chi connectivity index (χ1) is 15.4. The van der Waals surface area contributed by atoms with Crippen molar-refractivity contribution in [1.29, 1.82) is 0 Å². The quantitative estimate of drug-likeness (QED) is 0.240. The molecule has 0 spiro atoms. The van der Waals surface area contributed by atoms with Crippen LogP contribution in [0.2, 0.25) is 0 Å². The van der Waals surface area contributed by atoms with E-state index < -0.39 is 10.2 Å². The van der Waals surface area contributed by atoms with Gasteiger partial charge in [0.15, 0.2) is 5.13 Å². The summed E-state index contributed by atoms with van der Waals surface area (Å²) < 4.78 is 0. The van der Waals surface area contributed by atoms with Crippen molar-refractivity contribution in [1.82, 2.24) is 4.98 Å². The number of carbonyl (C=O) groups excluding carboxylic acids is 2. The van der Waals surface area contributed by atoms with E-state index in [0.717, 1.165) is 11.3 Å². The fourth-order valence-corrected chi connectivity index (χ4v) is 4.45. The van der Waals surface area contributed by atoms with Crippen LogP contribution < -0.4 is 10.6 Å². The van der Waals surface area contributed by atoms with E-state index >= 15 is 0 Å². The van der Waals surface area contributed by atoms with Gasteiger partial charge in [-0.15, -0.1) is 23.1 Å². The highest BCUT2D eigenvalue weighted by Crippen LogP contribution is 2.29. The second-order valence-corrected chi connectivity index (χ2v) is 9.19. The molecule has 3 rings (SSSR count). The summed E-state index contributed by atoms with van der Waals surface area (Å²) in [6.07, 6.45) is 1.24. The second kappa shape index (κ2) is 10.9. The largest absolute Gasteiger partial charge is 0.326 e. The third-order valence-corrected chi connectivity index (χ3v) is 6.22. The topological polar surface area (TPSA) is 114 Å². The molecule has 2 N–H and O–H groups in total. The zero-order valence-electron chi connectivity index (χ0n) is 17.5. The molecule has 1 heterocycles. The maximum atomic E-state index is 12.6. The smallest absolute Gasteiger partial charge is 0.270 e. The van der Waals surface area contributed by atoms with Crippen molar-refractivity contribution in [3.8, 4) is 11.3 Å². The number of nitrogens with one attached hydrogen (secondary N) is 2. The van der Waals surface area contributed by atoms with Crippen molar-refractivity contribution in [2.24, 2.45) is 0 Å². The van der Waals surface area contributed by atoms with Gasteiger partial charge in [-0.05, 0) is 31.5 Å². The average molecular weight is 471 g/mol. The summed E-state index contributed by atoms with van der Waals surface area (Å²) in [5, 5.41) is 18.4. The SMILES string of the molecule is CCCC(=O)Nc1cccc(SC(C)C(=O)Nc2nc(-c3cccc([N+](=O)[O-])c3)cs2)c1. The highest BCUT2D eigenvalue weighted by atomic mass is 32.2. The van der Waals surface area contributed by atoms with E-state index in [2.05, 4.69) is 15.6 Å². The van der Waals surface area contributed by atoms with Gasteiger partial charge in [0.1, 0.15) is 0 Å². The summed E-state index contributed by atoms with van der Waals surface area (Å²) in [4.78, 5) is 40.2. The number of thioether (sulfide) groups is 1. The number of aromatic nitrogens is 1. The van der Waals surface area contributed by atoms with E-state index in [1.807, 2.05) is 31.2 Å². The van der Waals surface area contributed by atoms with Crippen molar-refractivity contribution >= 4 is 51.4 Å². The molecule has 0 bridgehead atoms. The molecule has 0 aliphatic rings. The normalized spacial score (nSPS) is 11.6. The van der Waals surface area contributed by atoms with Gasteiger partial charge in [0.25, 0.3) is 5.69 Å². The number of nitro groups is 1. The molecule has 2 amide bonds. The second-order valence-electron chi connectivity index (χ2n) is 6.92. The van der Waals surface area contributed by atoms with Gasteiger partial charge in [-0.25, -0.2) is 4.98 Å². The first kappa shape index (κ1) is 23.4. The Kier molecular flexibility index (Phi) is 7.96. The molecule has 8 nitrogen and oxygen atoms in total. The molecule has 0 saturated heterocycles. The third kappa shape index (κ3) is 6.38. The van der Waals surface area contributed by atoms with Gasteiger partial charge in [0.05, 0.1) is 15.9 Å². The molecule has 3 aromatic rings. The Bertz CT molecular complexity index is 1130.